The summed E-state index contributed by atoms with van der Waals surface area (Å²) in [6, 6.07) is 12.3. The van der Waals surface area contributed by atoms with Crippen molar-refractivity contribution in [2.24, 2.45) is 0 Å². The molecular formula is C11H11BrN2. The van der Waals surface area contributed by atoms with Crippen LogP contribution in [0.15, 0.2) is 53.3 Å². The molecule has 0 amide bonds. The normalized spacial score (nSPS) is 10.1. The predicted molar refractivity (Wildman–Crippen MR) is 61.6 cm³/mol. The van der Waals surface area contributed by atoms with Gasteiger partial charge in [-0.15, -0.1) is 0 Å². The van der Waals surface area contributed by atoms with E-state index >= 15 is 0 Å². The van der Waals surface area contributed by atoms with E-state index in [-0.39, 0.29) is 0 Å². The van der Waals surface area contributed by atoms with Crippen molar-refractivity contribution < 1.29 is 0 Å². The van der Waals surface area contributed by atoms with Gasteiger partial charge in [0.15, 0.2) is 0 Å². The monoisotopic (exact) mass is 250 g/mol. The van der Waals surface area contributed by atoms with Gasteiger partial charge in [-0.1, -0.05) is 28.1 Å². The molecule has 0 aliphatic heterocycles. The summed E-state index contributed by atoms with van der Waals surface area (Å²) >= 11 is 3.41. The molecule has 1 aromatic carbocycles. The van der Waals surface area contributed by atoms with Gasteiger partial charge in [0, 0.05) is 16.9 Å². The summed E-state index contributed by atoms with van der Waals surface area (Å²) in [4.78, 5) is 0. The minimum atomic E-state index is 0.835. The Bertz CT molecular complexity index is 378. The molecule has 0 spiro atoms. The van der Waals surface area contributed by atoms with Crippen molar-refractivity contribution in [2.45, 2.75) is 6.54 Å². The highest BCUT2D eigenvalue weighted by Crippen LogP contribution is 2.10. The van der Waals surface area contributed by atoms with Gasteiger partial charge in [0.1, 0.15) is 0 Å². The number of rotatable bonds is 3. The third-order valence-corrected chi connectivity index (χ3v) is 2.51. The number of hydrogen-bond acceptors (Lipinski definition) is 1. The summed E-state index contributed by atoms with van der Waals surface area (Å²) in [5.41, 5.74) is 4.53. The van der Waals surface area contributed by atoms with Gasteiger partial charge in [0.25, 0.3) is 0 Å². The molecule has 1 heterocycles. The summed E-state index contributed by atoms with van der Waals surface area (Å²) in [6.45, 7) is 0.835. The van der Waals surface area contributed by atoms with Crippen LogP contribution < -0.4 is 5.43 Å². The molecule has 0 saturated carbocycles. The Morgan fingerprint density at radius 1 is 1.07 bits per heavy atom. The van der Waals surface area contributed by atoms with Crippen LogP contribution in [0.25, 0.3) is 0 Å². The fourth-order valence-electron chi connectivity index (χ4n) is 1.22. The van der Waals surface area contributed by atoms with Gasteiger partial charge in [-0.25, -0.2) is 0 Å². The summed E-state index contributed by atoms with van der Waals surface area (Å²) in [5, 5.41) is 0. The number of nitrogens with one attached hydrogen (secondary N) is 1. The zero-order valence-electron chi connectivity index (χ0n) is 7.65. The van der Waals surface area contributed by atoms with Gasteiger partial charge in [0.05, 0.1) is 6.54 Å². The second kappa shape index (κ2) is 4.33. The molecule has 0 radical (unpaired) electrons. The van der Waals surface area contributed by atoms with Crippen LogP contribution in [0.4, 0.5) is 0 Å². The van der Waals surface area contributed by atoms with E-state index < -0.39 is 0 Å². The Labute approximate surface area is 91.7 Å². The maximum Gasteiger partial charge on any atom is 0.0564 e. The first-order valence-electron chi connectivity index (χ1n) is 4.46. The van der Waals surface area contributed by atoms with Crippen molar-refractivity contribution in [3.8, 4) is 0 Å². The molecule has 0 aliphatic rings. The van der Waals surface area contributed by atoms with Crippen molar-refractivity contribution >= 4 is 15.9 Å². The van der Waals surface area contributed by atoms with Crippen molar-refractivity contribution in [1.29, 1.82) is 0 Å². The van der Waals surface area contributed by atoms with E-state index in [1.165, 1.54) is 5.56 Å². The zero-order valence-corrected chi connectivity index (χ0v) is 9.24. The summed E-state index contributed by atoms with van der Waals surface area (Å²) < 4.78 is 3.06. The van der Waals surface area contributed by atoms with E-state index in [1.807, 2.05) is 41.3 Å². The first-order valence-corrected chi connectivity index (χ1v) is 5.25. The lowest BCUT2D eigenvalue weighted by Crippen LogP contribution is -2.11. The van der Waals surface area contributed by atoms with Crippen LogP contribution in [0.2, 0.25) is 0 Å². The van der Waals surface area contributed by atoms with E-state index in [0.29, 0.717) is 0 Å². The molecule has 0 unspecified atom stereocenters. The van der Waals surface area contributed by atoms with Crippen LogP contribution in [0.3, 0.4) is 0 Å². The highest BCUT2D eigenvalue weighted by Gasteiger charge is 1.92. The third-order valence-electron chi connectivity index (χ3n) is 1.98. The molecule has 2 nitrogen and oxygen atoms in total. The van der Waals surface area contributed by atoms with Gasteiger partial charge in [-0.05, 0) is 29.8 Å². The van der Waals surface area contributed by atoms with Gasteiger partial charge in [0.2, 0.25) is 0 Å². The number of benzene rings is 1. The highest BCUT2D eigenvalue weighted by atomic mass is 79.9. The van der Waals surface area contributed by atoms with Crippen molar-refractivity contribution in [3.63, 3.8) is 0 Å². The molecule has 72 valence electrons. The third kappa shape index (κ3) is 2.39. The largest absolute Gasteiger partial charge is 0.322 e. The average Bonchev–Trinajstić information content (AvgIpc) is 2.70. The van der Waals surface area contributed by atoms with Crippen LogP contribution in [0.5, 0.6) is 0 Å². The van der Waals surface area contributed by atoms with E-state index in [0.717, 1.165) is 11.0 Å². The number of hydrogen-bond donors (Lipinski definition) is 1. The van der Waals surface area contributed by atoms with E-state index in [1.54, 1.807) is 0 Å². The molecule has 0 aliphatic carbocycles. The molecular weight excluding hydrogens is 240 g/mol. The maximum atomic E-state index is 3.41. The molecule has 3 heteroatoms. The molecule has 0 fully saturated rings. The summed E-state index contributed by atoms with van der Waals surface area (Å²) in [6.07, 6.45) is 3.97. The quantitative estimate of drug-likeness (QED) is 0.887. The van der Waals surface area contributed by atoms with Crippen molar-refractivity contribution in [3.05, 3.63) is 58.8 Å². The smallest absolute Gasteiger partial charge is 0.0564 e. The van der Waals surface area contributed by atoms with Crippen LogP contribution >= 0.6 is 15.9 Å². The first-order chi connectivity index (χ1) is 6.84. The highest BCUT2D eigenvalue weighted by molar-refractivity contribution is 9.10. The zero-order chi connectivity index (χ0) is 9.80. The maximum absolute atomic E-state index is 3.41. The van der Waals surface area contributed by atoms with Gasteiger partial charge in [-0.3, -0.25) is 4.68 Å². The topological polar surface area (TPSA) is 17.0 Å². The van der Waals surface area contributed by atoms with Gasteiger partial charge in [-0.2, -0.15) is 0 Å². The Hall–Kier alpha value is -1.22. The molecule has 1 aromatic heterocycles. The number of nitrogens with zero attached hydrogens (tertiary/aromatic N) is 1. The molecule has 0 saturated heterocycles. The molecule has 2 rings (SSSR count). The lowest BCUT2D eigenvalue weighted by molar-refractivity contribution is 0.847. The Balaban J connectivity index is 1.95. The second-order valence-electron chi connectivity index (χ2n) is 3.05. The SMILES string of the molecule is Brc1ccc(CNn2cccc2)cc1. The second-order valence-corrected chi connectivity index (χ2v) is 3.97. The number of halogens is 1. The molecule has 1 N–H and O–H groups in total. The van der Waals surface area contributed by atoms with Crippen molar-refractivity contribution in [2.75, 3.05) is 5.43 Å². The average molecular weight is 251 g/mol. The van der Waals surface area contributed by atoms with E-state index in [4.69, 9.17) is 0 Å². The standard InChI is InChI=1S/C11H11BrN2/c12-11-5-3-10(4-6-11)9-13-14-7-1-2-8-14/h1-8,13H,9H2. The van der Waals surface area contributed by atoms with Gasteiger partial charge < -0.3 is 5.43 Å². The lowest BCUT2D eigenvalue weighted by Gasteiger charge is -2.07. The molecule has 0 bridgehead atoms. The number of aromatic nitrogens is 1. The Morgan fingerprint density at radius 2 is 1.71 bits per heavy atom. The fourth-order valence-corrected chi connectivity index (χ4v) is 1.49. The predicted octanol–water partition coefficient (Wildman–Crippen LogP) is 2.99. The molecule has 14 heavy (non-hydrogen) atoms. The van der Waals surface area contributed by atoms with Gasteiger partial charge >= 0.3 is 0 Å². The minimum Gasteiger partial charge on any atom is -0.322 e. The fraction of sp³-hybridized carbons (Fsp3) is 0.0909. The summed E-state index contributed by atoms with van der Waals surface area (Å²) in [5.74, 6) is 0. The molecule has 2 aromatic rings. The molecule has 0 atom stereocenters. The summed E-state index contributed by atoms with van der Waals surface area (Å²) in [7, 11) is 0. The van der Waals surface area contributed by atoms with E-state index in [2.05, 4.69) is 33.5 Å². The van der Waals surface area contributed by atoms with Crippen LogP contribution in [-0.2, 0) is 6.54 Å². The van der Waals surface area contributed by atoms with Crippen LogP contribution in [0.1, 0.15) is 5.56 Å². The Kier molecular flexibility index (Phi) is 2.89. The van der Waals surface area contributed by atoms with E-state index in [9.17, 15) is 0 Å². The van der Waals surface area contributed by atoms with Crippen molar-refractivity contribution in [1.82, 2.24) is 4.68 Å². The minimum absolute atomic E-state index is 0.835. The van der Waals surface area contributed by atoms with Crippen LogP contribution in [-0.4, -0.2) is 4.68 Å². The first kappa shape index (κ1) is 9.34. The Morgan fingerprint density at radius 3 is 2.36 bits per heavy atom. The lowest BCUT2D eigenvalue weighted by atomic mass is 10.2. The van der Waals surface area contributed by atoms with Crippen LogP contribution in [0, 0.1) is 0 Å².